The lowest BCUT2D eigenvalue weighted by Gasteiger charge is -2.10. The topological polar surface area (TPSA) is 109 Å². The highest BCUT2D eigenvalue weighted by Gasteiger charge is 2.30. The van der Waals surface area contributed by atoms with Crippen molar-refractivity contribution in [2.75, 3.05) is 18.4 Å². The van der Waals surface area contributed by atoms with Gasteiger partial charge >= 0.3 is 6.36 Å². The zero-order valence-electron chi connectivity index (χ0n) is 14.0. The van der Waals surface area contributed by atoms with Gasteiger partial charge < -0.3 is 26.2 Å². The van der Waals surface area contributed by atoms with Crippen molar-refractivity contribution in [2.45, 2.75) is 6.36 Å². The van der Waals surface area contributed by atoms with Gasteiger partial charge in [-0.1, -0.05) is 0 Å². The third-order valence-electron chi connectivity index (χ3n) is 3.17. The molecule has 2 aromatic carbocycles. The van der Waals surface area contributed by atoms with Crippen molar-refractivity contribution in [3.63, 3.8) is 0 Å². The molecule has 0 aromatic heterocycles. The van der Waals surface area contributed by atoms with Crippen LogP contribution in [-0.2, 0) is 0 Å². The Bertz CT molecular complexity index is 791. The third kappa shape index (κ3) is 7.14. The van der Waals surface area contributed by atoms with Gasteiger partial charge in [0.25, 0.3) is 5.91 Å². The molecule has 0 radical (unpaired) electrons. The third-order valence-corrected chi connectivity index (χ3v) is 3.17. The van der Waals surface area contributed by atoms with Crippen molar-refractivity contribution in [1.82, 2.24) is 5.32 Å². The van der Waals surface area contributed by atoms with Crippen LogP contribution in [-0.4, -0.2) is 36.4 Å². The van der Waals surface area contributed by atoms with Crippen LogP contribution in [0.4, 0.5) is 18.9 Å². The van der Waals surface area contributed by atoms with E-state index in [1.54, 1.807) is 0 Å². The minimum Gasteiger partial charge on any atom is -0.508 e. The molecule has 0 heterocycles. The number of anilines is 1. The van der Waals surface area contributed by atoms with Gasteiger partial charge in [0.2, 0.25) is 0 Å². The van der Waals surface area contributed by atoms with Gasteiger partial charge in [-0.15, -0.1) is 13.2 Å². The van der Waals surface area contributed by atoms with Gasteiger partial charge in [0.1, 0.15) is 11.5 Å². The number of phenolic OH excluding ortho intramolecular Hbond substituents is 1. The maximum Gasteiger partial charge on any atom is 0.573 e. The number of amides is 1. The Morgan fingerprint density at radius 1 is 1.11 bits per heavy atom. The number of phenols is 1. The maximum absolute atomic E-state index is 12.1. The first kappa shape index (κ1) is 19.9. The summed E-state index contributed by atoms with van der Waals surface area (Å²) in [6.07, 6.45) is -4.75. The van der Waals surface area contributed by atoms with Crippen LogP contribution in [0.15, 0.2) is 53.5 Å². The summed E-state index contributed by atoms with van der Waals surface area (Å²) in [4.78, 5) is 15.8. The molecule has 2 aromatic rings. The molecule has 0 aliphatic carbocycles. The molecule has 27 heavy (non-hydrogen) atoms. The number of nitrogens with two attached hydrogens (primary N) is 1. The molecule has 0 aliphatic rings. The molecular formula is C17H17F3N4O3. The van der Waals surface area contributed by atoms with Gasteiger partial charge in [-0.3, -0.25) is 9.79 Å². The molecule has 10 heteroatoms. The lowest BCUT2D eigenvalue weighted by atomic mass is 10.2. The number of hydrogen-bond acceptors (Lipinski definition) is 4. The Kier molecular flexibility index (Phi) is 6.47. The summed E-state index contributed by atoms with van der Waals surface area (Å²) in [5.74, 6) is -0.566. The number of alkyl halides is 3. The van der Waals surface area contributed by atoms with E-state index in [2.05, 4.69) is 20.4 Å². The van der Waals surface area contributed by atoms with Crippen LogP contribution in [0.2, 0.25) is 0 Å². The summed E-state index contributed by atoms with van der Waals surface area (Å²) in [5, 5.41) is 14.5. The normalized spacial score (nSPS) is 11.7. The number of ether oxygens (including phenoxy) is 1. The molecule has 0 spiro atoms. The van der Waals surface area contributed by atoms with Crippen molar-refractivity contribution in [1.29, 1.82) is 0 Å². The first-order chi connectivity index (χ1) is 12.7. The molecule has 0 fully saturated rings. The molecule has 1 amide bonds. The SMILES string of the molecule is NC(=NCCNC(=O)c1ccc(O)cc1)Nc1ccc(OC(F)(F)F)cc1. The van der Waals surface area contributed by atoms with E-state index in [0.29, 0.717) is 11.3 Å². The Morgan fingerprint density at radius 3 is 2.33 bits per heavy atom. The van der Waals surface area contributed by atoms with Crippen LogP contribution in [0, 0.1) is 0 Å². The van der Waals surface area contributed by atoms with E-state index < -0.39 is 6.36 Å². The van der Waals surface area contributed by atoms with Gasteiger partial charge in [-0.25, -0.2) is 0 Å². The second-order valence-electron chi connectivity index (χ2n) is 5.27. The molecule has 0 bridgehead atoms. The quantitative estimate of drug-likeness (QED) is 0.349. The van der Waals surface area contributed by atoms with Crippen molar-refractivity contribution < 1.29 is 27.8 Å². The average molecular weight is 382 g/mol. The lowest BCUT2D eigenvalue weighted by Crippen LogP contribution is -2.28. The fourth-order valence-electron chi connectivity index (χ4n) is 1.99. The van der Waals surface area contributed by atoms with E-state index in [4.69, 9.17) is 5.73 Å². The van der Waals surface area contributed by atoms with E-state index in [9.17, 15) is 23.1 Å². The van der Waals surface area contributed by atoms with Gasteiger partial charge in [-0.2, -0.15) is 0 Å². The van der Waals surface area contributed by atoms with Gasteiger partial charge in [0, 0.05) is 17.8 Å². The number of benzene rings is 2. The number of carbonyl (C=O) groups excluding carboxylic acids is 1. The van der Waals surface area contributed by atoms with Crippen LogP contribution in [0.1, 0.15) is 10.4 Å². The summed E-state index contributed by atoms with van der Waals surface area (Å²) in [7, 11) is 0. The average Bonchev–Trinajstić information content (AvgIpc) is 2.59. The number of carbonyl (C=O) groups is 1. The van der Waals surface area contributed by atoms with Crippen LogP contribution in [0.3, 0.4) is 0 Å². The van der Waals surface area contributed by atoms with Crippen molar-refractivity contribution in [3.05, 3.63) is 54.1 Å². The predicted molar refractivity (Wildman–Crippen MR) is 93.7 cm³/mol. The fourth-order valence-corrected chi connectivity index (χ4v) is 1.99. The summed E-state index contributed by atoms with van der Waals surface area (Å²) < 4.78 is 40.0. The molecule has 0 atom stereocenters. The van der Waals surface area contributed by atoms with E-state index in [1.165, 1.54) is 36.4 Å². The van der Waals surface area contributed by atoms with Gasteiger partial charge in [0.05, 0.1) is 6.54 Å². The van der Waals surface area contributed by atoms with Crippen LogP contribution >= 0.6 is 0 Å². The highest BCUT2D eigenvalue weighted by molar-refractivity contribution is 5.94. The summed E-state index contributed by atoms with van der Waals surface area (Å²) in [6.45, 7) is 0.415. The van der Waals surface area contributed by atoms with E-state index >= 15 is 0 Å². The molecule has 5 N–H and O–H groups in total. The fraction of sp³-hybridized carbons (Fsp3) is 0.176. The Morgan fingerprint density at radius 2 is 1.74 bits per heavy atom. The van der Waals surface area contributed by atoms with E-state index in [0.717, 1.165) is 12.1 Å². The lowest BCUT2D eigenvalue weighted by molar-refractivity contribution is -0.274. The van der Waals surface area contributed by atoms with Crippen molar-refractivity contribution >= 4 is 17.6 Å². The Labute approximate surface area is 152 Å². The molecule has 0 saturated heterocycles. The van der Waals surface area contributed by atoms with Gasteiger partial charge in [-0.05, 0) is 48.5 Å². The molecular weight excluding hydrogens is 365 g/mol. The summed E-state index contributed by atoms with van der Waals surface area (Å²) in [5.41, 5.74) is 6.50. The Hall–Kier alpha value is -3.43. The number of hydrogen-bond donors (Lipinski definition) is 4. The molecule has 0 saturated carbocycles. The first-order valence-electron chi connectivity index (χ1n) is 7.73. The minimum absolute atomic E-state index is 0.0402. The summed E-state index contributed by atoms with van der Waals surface area (Å²) >= 11 is 0. The molecule has 2 rings (SSSR count). The number of aromatic hydroxyl groups is 1. The number of guanidine groups is 1. The van der Waals surface area contributed by atoms with E-state index in [-0.39, 0.29) is 36.5 Å². The summed E-state index contributed by atoms with van der Waals surface area (Å²) in [6, 6.07) is 10.8. The number of aliphatic imine (C=N–C) groups is 1. The number of nitrogens with zero attached hydrogens (tertiary/aromatic N) is 1. The smallest absolute Gasteiger partial charge is 0.508 e. The second-order valence-corrected chi connectivity index (χ2v) is 5.27. The predicted octanol–water partition coefficient (Wildman–Crippen LogP) is 2.45. The van der Waals surface area contributed by atoms with E-state index in [1.807, 2.05) is 0 Å². The Balaban J connectivity index is 1.77. The van der Waals surface area contributed by atoms with Crippen molar-refractivity contribution in [3.8, 4) is 11.5 Å². The van der Waals surface area contributed by atoms with Crippen LogP contribution in [0.25, 0.3) is 0 Å². The molecule has 0 unspecified atom stereocenters. The highest BCUT2D eigenvalue weighted by atomic mass is 19.4. The maximum atomic E-state index is 12.1. The standard InChI is InChI=1S/C17H17F3N4O3/c18-17(19,20)27-14-7-3-12(4-8-14)24-16(21)23-10-9-22-15(26)11-1-5-13(25)6-2-11/h1-8,25H,9-10H2,(H,22,26)(H3,21,23,24). The van der Waals surface area contributed by atoms with Crippen molar-refractivity contribution in [2.24, 2.45) is 10.7 Å². The number of rotatable bonds is 6. The van der Waals surface area contributed by atoms with Gasteiger partial charge in [0.15, 0.2) is 5.96 Å². The molecule has 144 valence electrons. The monoisotopic (exact) mass is 382 g/mol. The largest absolute Gasteiger partial charge is 0.573 e. The second kappa shape index (κ2) is 8.79. The zero-order chi connectivity index (χ0) is 19.9. The van der Waals surface area contributed by atoms with Crippen LogP contribution in [0.5, 0.6) is 11.5 Å². The molecule has 0 aliphatic heterocycles. The highest BCUT2D eigenvalue weighted by Crippen LogP contribution is 2.23. The number of halogens is 3. The first-order valence-corrected chi connectivity index (χ1v) is 7.73. The minimum atomic E-state index is -4.75. The zero-order valence-corrected chi connectivity index (χ0v) is 14.0. The van der Waals surface area contributed by atoms with Crippen LogP contribution < -0.4 is 21.1 Å². The molecule has 7 nitrogen and oxygen atoms in total. The number of nitrogens with one attached hydrogen (secondary N) is 2.